The van der Waals surface area contributed by atoms with Gasteiger partial charge in [0.15, 0.2) is 23.0 Å². The van der Waals surface area contributed by atoms with E-state index in [9.17, 15) is 26.8 Å². The zero-order valence-electron chi connectivity index (χ0n) is 30.9. The number of hydrazone groups is 2. The zero-order valence-corrected chi connectivity index (χ0v) is 32.6. The Balaban J connectivity index is 1.03. The first kappa shape index (κ1) is 40.3. The molecule has 0 radical (unpaired) electrons. The second-order valence-electron chi connectivity index (χ2n) is 12.4. The summed E-state index contributed by atoms with van der Waals surface area (Å²) in [5.41, 5.74) is 3.82. The third-order valence-electron chi connectivity index (χ3n) is 8.55. The highest BCUT2D eigenvalue weighted by Gasteiger charge is 2.30. The van der Waals surface area contributed by atoms with Crippen molar-refractivity contribution in [3.8, 4) is 28.7 Å². The summed E-state index contributed by atoms with van der Waals surface area (Å²) in [5.74, 6) is 1.31. The molecule has 2 amide bonds. The van der Waals surface area contributed by atoms with E-state index in [1.165, 1.54) is 55.6 Å². The number of benzene rings is 4. The van der Waals surface area contributed by atoms with Crippen molar-refractivity contribution in [3.05, 3.63) is 107 Å². The first-order chi connectivity index (χ1) is 27.2. The van der Waals surface area contributed by atoms with Crippen LogP contribution in [0.25, 0.3) is 12.2 Å². The van der Waals surface area contributed by atoms with Gasteiger partial charge in [0.05, 0.1) is 66.3 Å². The lowest BCUT2D eigenvalue weighted by Gasteiger charge is -2.14. The largest absolute Gasteiger partial charge is 0.493 e. The Kier molecular flexibility index (Phi) is 12.2. The number of anilines is 2. The molecule has 2 N–H and O–H groups in total. The van der Waals surface area contributed by atoms with Crippen LogP contribution in [0.5, 0.6) is 28.7 Å². The molecule has 1 unspecified atom stereocenters. The van der Waals surface area contributed by atoms with Gasteiger partial charge < -0.3 is 23.1 Å². The van der Waals surface area contributed by atoms with Crippen LogP contribution >= 0.6 is 0 Å². The van der Waals surface area contributed by atoms with E-state index in [-0.39, 0.29) is 16.6 Å². The average molecular weight is 817 g/mol. The summed E-state index contributed by atoms with van der Waals surface area (Å²) >= 11 is -2.46. The molecule has 0 spiro atoms. The summed E-state index contributed by atoms with van der Waals surface area (Å²) < 4.78 is 79.6. The number of amides is 2. The number of nitrogens with zero attached hydrogens (tertiary/aromatic N) is 4. The molecular weight excluding hydrogens is 781 g/mol. The van der Waals surface area contributed by atoms with E-state index in [1.54, 1.807) is 74.5 Å². The van der Waals surface area contributed by atoms with Gasteiger partial charge in [-0.2, -0.15) is 32.8 Å². The van der Waals surface area contributed by atoms with Crippen molar-refractivity contribution in [3.63, 3.8) is 0 Å². The molecule has 0 saturated heterocycles. The van der Waals surface area contributed by atoms with Crippen LogP contribution in [0, 0.1) is 0 Å². The topological polar surface area (TPSA) is 203 Å². The Morgan fingerprint density at radius 1 is 0.684 bits per heavy atom. The predicted molar refractivity (Wildman–Crippen MR) is 213 cm³/mol. The molecule has 0 saturated carbocycles. The standard InChI is InChI=1S/C39H36N4O12S2/c1-24-32(38(44)42(40-24)28-8-12-30(13-9-28)55-56(46)47)20-26-6-16-34(36(22-26)51-3)53-18-5-19-54-35-17-7-27(23-37(35)52-4)21-33-25(2)41-43(39(33)45)29-10-14-31(15-11-29)57(48,49)50/h6-17,20-23H,5,18-19H2,1-4H3,(H,46,47)(H,48,49,50)/b32-20+,33-21+. The second kappa shape index (κ2) is 17.2. The monoisotopic (exact) mass is 816 g/mol. The molecule has 2 heterocycles. The highest BCUT2D eigenvalue weighted by Crippen LogP contribution is 2.33. The van der Waals surface area contributed by atoms with Crippen LogP contribution in [0.2, 0.25) is 0 Å². The zero-order chi connectivity index (χ0) is 40.9. The van der Waals surface area contributed by atoms with Gasteiger partial charge in [0.25, 0.3) is 21.9 Å². The molecule has 0 bridgehead atoms. The van der Waals surface area contributed by atoms with Gasteiger partial charge in [-0.1, -0.05) is 12.1 Å². The van der Waals surface area contributed by atoms with Crippen molar-refractivity contribution in [1.82, 2.24) is 0 Å². The fourth-order valence-corrected chi connectivity index (χ4v) is 6.50. The van der Waals surface area contributed by atoms with Crippen LogP contribution in [0.4, 0.5) is 11.4 Å². The highest BCUT2D eigenvalue weighted by atomic mass is 32.2. The van der Waals surface area contributed by atoms with Crippen molar-refractivity contribution in [2.75, 3.05) is 37.5 Å². The maximum atomic E-state index is 13.3. The number of hydrogen-bond donors (Lipinski definition) is 2. The number of carbonyl (C=O) groups excluding carboxylic acids is 2. The third kappa shape index (κ3) is 9.38. The van der Waals surface area contributed by atoms with Gasteiger partial charge in [0.1, 0.15) is 5.75 Å². The molecule has 6 rings (SSSR count). The molecule has 1 atom stereocenters. The normalized spacial score (nSPS) is 16.2. The molecule has 296 valence electrons. The molecule has 2 aliphatic rings. The molecule has 4 aromatic rings. The van der Waals surface area contributed by atoms with Gasteiger partial charge in [-0.3, -0.25) is 18.7 Å². The minimum Gasteiger partial charge on any atom is -0.493 e. The second-order valence-corrected chi connectivity index (χ2v) is 14.4. The summed E-state index contributed by atoms with van der Waals surface area (Å²) in [6.45, 7) is 4.01. The average Bonchev–Trinajstić information content (AvgIpc) is 3.63. The van der Waals surface area contributed by atoms with Crippen LogP contribution in [-0.4, -0.2) is 72.4 Å². The molecule has 18 heteroatoms. The van der Waals surface area contributed by atoms with Crippen LogP contribution < -0.4 is 33.1 Å². The molecule has 2 aliphatic heterocycles. The lowest BCUT2D eigenvalue weighted by atomic mass is 10.1. The Morgan fingerprint density at radius 3 is 1.53 bits per heavy atom. The van der Waals surface area contributed by atoms with Crippen molar-refractivity contribution < 1.29 is 54.5 Å². The number of methoxy groups -OCH3 is 2. The van der Waals surface area contributed by atoms with Crippen LogP contribution in [-0.2, 0) is 31.1 Å². The molecule has 16 nitrogen and oxygen atoms in total. The van der Waals surface area contributed by atoms with Gasteiger partial charge in [-0.25, -0.2) is 0 Å². The predicted octanol–water partition coefficient (Wildman–Crippen LogP) is 5.93. The lowest BCUT2D eigenvalue weighted by molar-refractivity contribution is -0.115. The third-order valence-corrected chi connectivity index (χ3v) is 9.76. The van der Waals surface area contributed by atoms with E-state index in [0.717, 1.165) is 5.01 Å². The smallest absolute Gasteiger partial charge is 0.357 e. The SMILES string of the molecule is COc1cc(/C=C2/C(=O)N(c3ccc(OS(=O)O)cc3)N=C2C)ccc1OCCCOc1ccc(/C=C2/C(=O)N(c3ccc(S(=O)(=O)O)cc3)N=C2C)cc1OC. The van der Waals surface area contributed by atoms with E-state index in [4.69, 9.17) is 27.7 Å². The van der Waals surface area contributed by atoms with E-state index < -0.39 is 27.4 Å². The minimum absolute atomic E-state index is 0.167. The van der Waals surface area contributed by atoms with Gasteiger partial charge in [-0.05, 0) is 110 Å². The quantitative estimate of drug-likeness (QED) is 0.0621. The Hall–Kier alpha value is -6.34. The van der Waals surface area contributed by atoms with E-state index in [1.807, 2.05) is 0 Å². The van der Waals surface area contributed by atoms with Crippen molar-refractivity contribution >= 4 is 68.2 Å². The van der Waals surface area contributed by atoms with Crippen molar-refractivity contribution in [2.45, 2.75) is 25.2 Å². The summed E-state index contributed by atoms with van der Waals surface area (Å²) in [7, 11) is -1.35. The molecule has 4 aromatic carbocycles. The highest BCUT2D eigenvalue weighted by molar-refractivity contribution is 7.85. The lowest BCUT2D eigenvalue weighted by Crippen LogP contribution is -2.21. The summed E-state index contributed by atoms with van der Waals surface area (Å²) in [4.78, 5) is 26.2. The maximum Gasteiger partial charge on any atom is 0.357 e. The van der Waals surface area contributed by atoms with E-state index in [2.05, 4.69) is 10.2 Å². The van der Waals surface area contributed by atoms with Gasteiger partial charge >= 0.3 is 11.4 Å². The van der Waals surface area contributed by atoms with Crippen molar-refractivity contribution in [1.29, 1.82) is 0 Å². The summed E-state index contributed by atoms with van der Waals surface area (Å²) in [6, 6.07) is 21.7. The maximum absolute atomic E-state index is 13.3. The first-order valence-electron chi connectivity index (χ1n) is 17.1. The van der Waals surface area contributed by atoms with Crippen LogP contribution in [0.3, 0.4) is 0 Å². The Morgan fingerprint density at radius 2 is 1.12 bits per heavy atom. The summed E-state index contributed by atoms with van der Waals surface area (Å²) in [5, 5.41) is 11.1. The fourth-order valence-electron chi connectivity index (χ4n) is 5.75. The minimum atomic E-state index is -4.38. The van der Waals surface area contributed by atoms with Crippen LogP contribution in [0.15, 0.2) is 111 Å². The first-order valence-corrected chi connectivity index (χ1v) is 19.5. The number of hydrogen-bond acceptors (Lipinski definition) is 12. The Bertz CT molecular complexity index is 2460. The van der Waals surface area contributed by atoms with Gasteiger partial charge in [0, 0.05) is 6.42 Å². The summed E-state index contributed by atoms with van der Waals surface area (Å²) in [6.07, 6.45) is 3.89. The van der Waals surface area contributed by atoms with Crippen molar-refractivity contribution in [2.24, 2.45) is 10.2 Å². The number of ether oxygens (including phenoxy) is 4. The van der Waals surface area contributed by atoms with E-state index in [0.29, 0.717) is 87.7 Å². The molecule has 0 aliphatic carbocycles. The van der Waals surface area contributed by atoms with Gasteiger partial charge in [-0.15, -0.1) is 0 Å². The molecule has 0 fully saturated rings. The molecule has 57 heavy (non-hydrogen) atoms. The van der Waals surface area contributed by atoms with E-state index >= 15 is 0 Å². The number of rotatable bonds is 15. The fraction of sp³-hybridized carbons (Fsp3) is 0.179. The Labute approximate surface area is 330 Å². The molecule has 0 aromatic heterocycles. The van der Waals surface area contributed by atoms with Gasteiger partial charge in [0.2, 0.25) is 0 Å². The number of carbonyl (C=O) groups is 2. The van der Waals surface area contributed by atoms with Crippen LogP contribution in [0.1, 0.15) is 31.4 Å². The molecular formula is C39H36N4O12S2.